The van der Waals surface area contributed by atoms with Crippen molar-refractivity contribution in [1.29, 1.82) is 0 Å². The third-order valence-electron chi connectivity index (χ3n) is 6.82. The van der Waals surface area contributed by atoms with Crippen LogP contribution in [0, 0.1) is 5.92 Å². The lowest BCUT2D eigenvalue weighted by Gasteiger charge is -2.39. The van der Waals surface area contributed by atoms with Gasteiger partial charge < -0.3 is 19.9 Å². The van der Waals surface area contributed by atoms with E-state index in [-0.39, 0.29) is 24.1 Å². The van der Waals surface area contributed by atoms with Gasteiger partial charge in [-0.2, -0.15) is 0 Å². The molecule has 3 amide bonds. The molecule has 0 aromatic rings. The van der Waals surface area contributed by atoms with Crippen LogP contribution in [-0.4, -0.2) is 91.2 Å². The van der Waals surface area contributed by atoms with E-state index in [0.717, 1.165) is 77.8 Å². The van der Waals surface area contributed by atoms with Gasteiger partial charge in [0.2, 0.25) is 5.91 Å². The first-order chi connectivity index (χ1) is 13.5. The van der Waals surface area contributed by atoms with Crippen molar-refractivity contribution in [2.45, 2.75) is 70.6 Å². The highest BCUT2D eigenvalue weighted by Gasteiger charge is 2.32. The predicted octanol–water partition coefficient (Wildman–Crippen LogP) is 1.92. The molecule has 0 atom stereocenters. The highest BCUT2D eigenvalue weighted by molar-refractivity contribution is 5.79. The molecule has 7 heteroatoms. The highest BCUT2D eigenvalue weighted by Crippen LogP contribution is 2.27. The minimum Gasteiger partial charge on any atom is -0.381 e. The largest absolute Gasteiger partial charge is 0.381 e. The molecular formula is C21H38N4O3. The molecule has 2 saturated heterocycles. The fourth-order valence-electron chi connectivity index (χ4n) is 4.76. The van der Waals surface area contributed by atoms with Gasteiger partial charge in [0.05, 0.1) is 6.10 Å². The summed E-state index contributed by atoms with van der Waals surface area (Å²) in [5.74, 6) is 0.464. The summed E-state index contributed by atoms with van der Waals surface area (Å²) in [5.41, 5.74) is 0. The van der Waals surface area contributed by atoms with Crippen LogP contribution < -0.4 is 5.32 Å². The molecule has 2 heterocycles. The van der Waals surface area contributed by atoms with Gasteiger partial charge in [-0.05, 0) is 52.4 Å². The van der Waals surface area contributed by atoms with E-state index in [1.54, 1.807) is 7.11 Å². The zero-order valence-electron chi connectivity index (χ0n) is 17.9. The molecule has 0 aromatic heterocycles. The Morgan fingerprint density at radius 3 is 2.00 bits per heavy atom. The van der Waals surface area contributed by atoms with Crippen LogP contribution >= 0.6 is 0 Å². The zero-order chi connectivity index (χ0) is 20.1. The number of hydrogen-bond donors (Lipinski definition) is 1. The van der Waals surface area contributed by atoms with Crippen LogP contribution in [0.1, 0.15) is 52.4 Å². The van der Waals surface area contributed by atoms with E-state index in [2.05, 4.69) is 29.0 Å². The normalized spacial score (nSPS) is 27.9. The molecule has 0 unspecified atom stereocenters. The summed E-state index contributed by atoms with van der Waals surface area (Å²) in [6.07, 6.45) is 5.70. The zero-order valence-corrected chi connectivity index (χ0v) is 17.9. The van der Waals surface area contributed by atoms with Gasteiger partial charge in [0.15, 0.2) is 0 Å². The molecule has 3 aliphatic rings. The molecule has 2 aliphatic heterocycles. The SMILES string of the molecule is COC1CCN(C(=O)NC2CCC(C(=O)N3CCN(C(C)C)CC3)CC2)CC1. The van der Waals surface area contributed by atoms with E-state index in [9.17, 15) is 9.59 Å². The van der Waals surface area contributed by atoms with Crippen LogP contribution in [0.4, 0.5) is 4.79 Å². The third-order valence-corrected chi connectivity index (χ3v) is 6.82. The molecule has 7 nitrogen and oxygen atoms in total. The fourth-order valence-corrected chi connectivity index (χ4v) is 4.76. The van der Waals surface area contributed by atoms with Crippen molar-refractivity contribution in [2.75, 3.05) is 46.4 Å². The van der Waals surface area contributed by atoms with Crippen molar-refractivity contribution < 1.29 is 14.3 Å². The number of rotatable bonds is 4. The van der Waals surface area contributed by atoms with Crippen molar-refractivity contribution in [3.8, 4) is 0 Å². The van der Waals surface area contributed by atoms with Crippen LogP contribution in [0.2, 0.25) is 0 Å². The lowest BCUT2D eigenvalue weighted by Crippen LogP contribution is -2.53. The van der Waals surface area contributed by atoms with Crippen molar-refractivity contribution in [3.63, 3.8) is 0 Å². The summed E-state index contributed by atoms with van der Waals surface area (Å²) < 4.78 is 5.37. The van der Waals surface area contributed by atoms with E-state index in [4.69, 9.17) is 4.74 Å². The van der Waals surface area contributed by atoms with E-state index in [1.807, 2.05) is 4.90 Å². The molecule has 0 aromatic carbocycles. The topological polar surface area (TPSA) is 65.1 Å². The van der Waals surface area contributed by atoms with Gasteiger partial charge in [-0.25, -0.2) is 4.79 Å². The quantitative estimate of drug-likeness (QED) is 0.791. The number of urea groups is 1. The van der Waals surface area contributed by atoms with E-state index in [1.165, 1.54) is 0 Å². The molecule has 1 N–H and O–H groups in total. The second kappa shape index (κ2) is 9.92. The minimum atomic E-state index is 0.0501. The number of amides is 3. The summed E-state index contributed by atoms with van der Waals surface area (Å²) >= 11 is 0. The molecule has 3 fully saturated rings. The second-order valence-electron chi connectivity index (χ2n) is 8.88. The number of likely N-dealkylation sites (tertiary alicyclic amines) is 1. The maximum absolute atomic E-state index is 12.9. The average molecular weight is 395 g/mol. The van der Waals surface area contributed by atoms with E-state index in [0.29, 0.717) is 11.9 Å². The molecule has 28 heavy (non-hydrogen) atoms. The Bertz CT molecular complexity index is 518. The van der Waals surface area contributed by atoms with Gasteiger partial charge in [0.25, 0.3) is 0 Å². The van der Waals surface area contributed by atoms with Crippen molar-refractivity contribution in [2.24, 2.45) is 5.92 Å². The number of methoxy groups -OCH3 is 1. The number of carbonyl (C=O) groups is 2. The molecule has 0 spiro atoms. The first-order valence-corrected chi connectivity index (χ1v) is 11.1. The van der Waals surface area contributed by atoms with Gasteiger partial charge >= 0.3 is 6.03 Å². The third kappa shape index (κ3) is 5.38. The predicted molar refractivity (Wildman–Crippen MR) is 109 cm³/mol. The Hall–Kier alpha value is -1.34. The average Bonchev–Trinajstić information content (AvgIpc) is 2.74. The van der Waals surface area contributed by atoms with Crippen molar-refractivity contribution in [1.82, 2.24) is 20.0 Å². The van der Waals surface area contributed by atoms with Gasteiger partial charge in [-0.1, -0.05) is 0 Å². The molecule has 0 bridgehead atoms. The fraction of sp³-hybridized carbons (Fsp3) is 0.905. The van der Waals surface area contributed by atoms with Crippen LogP contribution in [0.3, 0.4) is 0 Å². The van der Waals surface area contributed by atoms with Crippen molar-refractivity contribution in [3.05, 3.63) is 0 Å². The standard InChI is InChI=1S/C21H38N4O3/c1-16(2)23-12-14-24(15-13-23)20(26)17-4-6-18(7-5-17)22-21(27)25-10-8-19(28-3)9-11-25/h16-19H,4-15H2,1-3H3,(H,22,27). The molecule has 1 saturated carbocycles. The number of nitrogens with one attached hydrogen (secondary N) is 1. The van der Waals surface area contributed by atoms with Crippen LogP contribution in [-0.2, 0) is 9.53 Å². The Balaban J connectivity index is 1.37. The van der Waals surface area contributed by atoms with E-state index >= 15 is 0 Å². The summed E-state index contributed by atoms with van der Waals surface area (Å²) in [6.45, 7) is 9.63. The molecule has 0 radical (unpaired) electrons. The molecular weight excluding hydrogens is 356 g/mol. The number of carbonyl (C=O) groups excluding carboxylic acids is 2. The molecule has 3 rings (SSSR count). The van der Waals surface area contributed by atoms with Gasteiger partial charge in [0.1, 0.15) is 0 Å². The maximum atomic E-state index is 12.9. The summed E-state index contributed by atoms with van der Waals surface area (Å²) in [5, 5.41) is 3.19. The summed E-state index contributed by atoms with van der Waals surface area (Å²) in [7, 11) is 1.74. The first kappa shape index (κ1) is 21.4. The van der Waals surface area contributed by atoms with Gasteiger partial charge in [-0.3, -0.25) is 9.69 Å². The smallest absolute Gasteiger partial charge is 0.317 e. The highest BCUT2D eigenvalue weighted by atomic mass is 16.5. The van der Waals surface area contributed by atoms with Crippen LogP contribution in [0.5, 0.6) is 0 Å². The molecule has 160 valence electrons. The van der Waals surface area contributed by atoms with Gasteiger partial charge in [-0.15, -0.1) is 0 Å². The van der Waals surface area contributed by atoms with Crippen LogP contribution in [0.25, 0.3) is 0 Å². The van der Waals surface area contributed by atoms with E-state index < -0.39 is 0 Å². The van der Waals surface area contributed by atoms with Gasteiger partial charge in [0, 0.05) is 64.4 Å². The monoisotopic (exact) mass is 394 g/mol. The Morgan fingerprint density at radius 2 is 1.46 bits per heavy atom. The summed E-state index contributed by atoms with van der Waals surface area (Å²) in [6, 6.07) is 0.806. The minimum absolute atomic E-state index is 0.0501. The molecule has 1 aliphatic carbocycles. The number of nitrogens with zero attached hydrogens (tertiary/aromatic N) is 3. The van der Waals surface area contributed by atoms with Crippen LogP contribution in [0.15, 0.2) is 0 Å². The Morgan fingerprint density at radius 1 is 0.857 bits per heavy atom. The number of piperidine rings is 1. The lowest BCUT2D eigenvalue weighted by molar-refractivity contribution is -0.138. The number of hydrogen-bond acceptors (Lipinski definition) is 4. The lowest BCUT2D eigenvalue weighted by atomic mass is 9.85. The number of ether oxygens (including phenoxy) is 1. The first-order valence-electron chi connectivity index (χ1n) is 11.1. The maximum Gasteiger partial charge on any atom is 0.317 e. The number of piperazine rings is 1. The Kier molecular flexibility index (Phi) is 7.57. The van der Waals surface area contributed by atoms with Crippen molar-refractivity contribution >= 4 is 11.9 Å². The Labute approximate surface area is 169 Å². The second-order valence-corrected chi connectivity index (χ2v) is 8.88. The summed E-state index contributed by atoms with van der Waals surface area (Å²) in [4.78, 5) is 31.8.